The molecule has 0 unspecified atom stereocenters. The lowest BCUT2D eigenvalue weighted by molar-refractivity contribution is -0.122. The fourth-order valence-corrected chi connectivity index (χ4v) is 3.57. The van der Waals surface area contributed by atoms with Gasteiger partial charge in [-0.1, -0.05) is 59.3 Å². The van der Waals surface area contributed by atoms with E-state index in [4.69, 9.17) is 11.6 Å². The molecule has 2 aromatic heterocycles. The van der Waals surface area contributed by atoms with Gasteiger partial charge in [0.1, 0.15) is 12.9 Å². The second kappa shape index (κ2) is 9.74. The molecule has 0 saturated heterocycles. The molecule has 0 aliphatic heterocycles. The van der Waals surface area contributed by atoms with Crippen LogP contribution in [-0.4, -0.2) is 36.5 Å². The lowest BCUT2D eigenvalue weighted by Crippen LogP contribution is -2.37. The van der Waals surface area contributed by atoms with Gasteiger partial charge in [-0.05, 0) is 43.0 Å². The van der Waals surface area contributed by atoms with Crippen molar-refractivity contribution in [1.29, 1.82) is 0 Å². The summed E-state index contributed by atoms with van der Waals surface area (Å²) in [5.74, 6) is -0.248. The van der Waals surface area contributed by atoms with Crippen LogP contribution in [0.15, 0.2) is 65.7 Å². The minimum Gasteiger partial charge on any atom is -0.352 e. The zero-order valence-corrected chi connectivity index (χ0v) is 18.4. The second-order valence-electron chi connectivity index (χ2n) is 7.72. The number of aryl methyl sites for hydroxylation is 1. The molecule has 0 radical (unpaired) electrons. The molecule has 1 atom stereocenters. The molecule has 1 N–H and O–H groups in total. The smallest absolute Gasteiger partial charge is 0.283 e. The average Bonchev–Trinajstić information content (AvgIpc) is 3.20. The minimum atomic E-state index is -0.399. The van der Waals surface area contributed by atoms with Gasteiger partial charge in [0.25, 0.3) is 5.56 Å². The molecular weight excluding hydrogens is 428 g/mol. The fourth-order valence-electron chi connectivity index (χ4n) is 3.44. The van der Waals surface area contributed by atoms with Gasteiger partial charge in [-0.15, -0.1) is 5.10 Å². The van der Waals surface area contributed by atoms with E-state index in [1.807, 2.05) is 37.3 Å². The zero-order valence-electron chi connectivity index (χ0n) is 17.6. The van der Waals surface area contributed by atoms with E-state index in [2.05, 4.69) is 32.7 Å². The van der Waals surface area contributed by atoms with Gasteiger partial charge in [-0.3, -0.25) is 14.2 Å². The van der Waals surface area contributed by atoms with Gasteiger partial charge < -0.3 is 5.32 Å². The maximum absolute atomic E-state index is 12.8. The first-order valence-corrected chi connectivity index (χ1v) is 10.7. The summed E-state index contributed by atoms with van der Waals surface area (Å²) in [5.41, 5.74) is 2.28. The molecule has 2 heterocycles. The van der Waals surface area contributed by atoms with Gasteiger partial charge in [0.05, 0.1) is 6.54 Å². The number of fused-ring (bicyclic) bond motifs is 1. The number of nitrogens with one attached hydrogen (secondary N) is 1. The minimum absolute atomic E-state index is 0.0182. The maximum Gasteiger partial charge on any atom is 0.283 e. The molecule has 4 aromatic rings. The number of halogens is 1. The predicted molar refractivity (Wildman–Crippen MR) is 123 cm³/mol. The van der Waals surface area contributed by atoms with E-state index in [1.54, 1.807) is 16.8 Å². The summed E-state index contributed by atoms with van der Waals surface area (Å²) in [4.78, 5) is 29.5. The number of amides is 1. The summed E-state index contributed by atoms with van der Waals surface area (Å²) in [5, 5.41) is 11.6. The van der Waals surface area contributed by atoms with Gasteiger partial charge in [-0.2, -0.15) is 0 Å². The van der Waals surface area contributed by atoms with Gasteiger partial charge >= 0.3 is 0 Å². The van der Waals surface area contributed by atoms with Gasteiger partial charge in [0, 0.05) is 11.1 Å². The van der Waals surface area contributed by atoms with E-state index in [1.165, 1.54) is 16.5 Å². The van der Waals surface area contributed by atoms with Gasteiger partial charge in [0.15, 0.2) is 11.2 Å². The summed E-state index contributed by atoms with van der Waals surface area (Å²) < 4.78 is 2.80. The van der Waals surface area contributed by atoms with Crippen molar-refractivity contribution in [3.8, 4) is 0 Å². The molecule has 32 heavy (non-hydrogen) atoms. The van der Waals surface area contributed by atoms with Crippen LogP contribution in [0.4, 0.5) is 0 Å². The topological polar surface area (TPSA) is 94.7 Å². The monoisotopic (exact) mass is 450 g/mol. The quantitative estimate of drug-likeness (QED) is 0.445. The van der Waals surface area contributed by atoms with Crippen LogP contribution in [0, 0.1) is 0 Å². The number of hydrogen-bond acceptors (Lipinski definition) is 5. The number of carbonyl (C=O) groups excluding carboxylic acids is 1. The van der Waals surface area contributed by atoms with E-state index in [0.29, 0.717) is 17.2 Å². The van der Waals surface area contributed by atoms with Crippen LogP contribution in [0.25, 0.3) is 11.2 Å². The highest BCUT2D eigenvalue weighted by molar-refractivity contribution is 6.30. The number of rotatable bonds is 8. The molecule has 9 heteroatoms. The third-order valence-corrected chi connectivity index (χ3v) is 5.42. The Morgan fingerprint density at radius 1 is 1.09 bits per heavy atom. The van der Waals surface area contributed by atoms with Crippen molar-refractivity contribution in [2.45, 2.75) is 38.9 Å². The SMILES string of the molecule is C[C@@H](CCc1ccccc1)NC(=O)Cn1cnc2c(nnn2Cc2ccc(Cl)cc2)c1=O. The van der Waals surface area contributed by atoms with E-state index in [-0.39, 0.29) is 24.0 Å². The highest BCUT2D eigenvalue weighted by Gasteiger charge is 2.15. The Labute approximate surface area is 189 Å². The molecular formula is C23H23ClN6O2. The first kappa shape index (κ1) is 21.7. The van der Waals surface area contributed by atoms with Crippen LogP contribution in [0.1, 0.15) is 24.5 Å². The molecule has 1 amide bonds. The number of benzene rings is 2. The van der Waals surface area contributed by atoms with Crippen molar-refractivity contribution in [3.05, 3.63) is 87.4 Å². The Morgan fingerprint density at radius 3 is 2.59 bits per heavy atom. The number of carbonyl (C=O) groups is 1. The molecule has 0 spiro atoms. The molecule has 4 rings (SSSR count). The van der Waals surface area contributed by atoms with E-state index in [9.17, 15) is 9.59 Å². The van der Waals surface area contributed by atoms with Crippen LogP contribution in [0.2, 0.25) is 5.02 Å². The summed E-state index contributed by atoms with van der Waals surface area (Å²) in [6.07, 6.45) is 3.04. The Balaban J connectivity index is 1.40. The number of hydrogen-bond donors (Lipinski definition) is 1. The summed E-state index contributed by atoms with van der Waals surface area (Å²) in [6, 6.07) is 17.4. The fraction of sp³-hybridized carbons (Fsp3) is 0.261. The molecule has 0 aliphatic carbocycles. The van der Waals surface area contributed by atoms with Crippen molar-refractivity contribution in [3.63, 3.8) is 0 Å². The molecule has 0 aliphatic rings. The Bertz CT molecular complexity index is 1270. The van der Waals surface area contributed by atoms with Crippen LogP contribution < -0.4 is 10.9 Å². The summed E-state index contributed by atoms with van der Waals surface area (Å²) in [7, 11) is 0. The first-order chi connectivity index (χ1) is 15.5. The summed E-state index contributed by atoms with van der Waals surface area (Å²) >= 11 is 5.92. The van der Waals surface area contributed by atoms with Gasteiger partial charge in [0.2, 0.25) is 5.91 Å². The largest absolute Gasteiger partial charge is 0.352 e. The second-order valence-corrected chi connectivity index (χ2v) is 8.15. The van der Waals surface area contributed by atoms with Crippen molar-refractivity contribution in [2.24, 2.45) is 0 Å². The molecule has 164 valence electrons. The standard InChI is InChI=1S/C23H23ClN6O2/c1-16(7-8-17-5-3-2-4-6-17)26-20(31)14-29-15-25-22-21(23(29)32)27-28-30(22)13-18-9-11-19(24)12-10-18/h2-6,9-12,15-16H,7-8,13-14H2,1H3,(H,26,31)/t16-/m0/s1. The van der Waals surface area contributed by atoms with E-state index < -0.39 is 5.56 Å². The lowest BCUT2D eigenvalue weighted by Gasteiger charge is -2.14. The van der Waals surface area contributed by atoms with Crippen molar-refractivity contribution >= 4 is 28.7 Å². The Kier molecular flexibility index (Phi) is 6.61. The van der Waals surface area contributed by atoms with E-state index >= 15 is 0 Å². The first-order valence-electron chi connectivity index (χ1n) is 10.4. The predicted octanol–water partition coefficient (Wildman–Crippen LogP) is 2.83. The number of nitrogens with zero attached hydrogens (tertiary/aromatic N) is 5. The van der Waals surface area contributed by atoms with Crippen molar-refractivity contribution < 1.29 is 4.79 Å². The van der Waals surface area contributed by atoms with Crippen LogP contribution in [-0.2, 0) is 24.3 Å². The third kappa shape index (κ3) is 5.20. The third-order valence-electron chi connectivity index (χ3n) is 5.17. The average molecular weight is 451 g/mol. The zero-order chi connectivity index (χ0) is 22.5. The van der Waals surface area contributed by atoms with Crippen molar-refractivity contribution in [1.82, 2.24) is 29.9 Å². The summed E-state index contributed by atoms with van der Waals surface area (Å²) in [6.45, 7) is 2.23. The molecule has 0 bridgehead atoms. The highest BCUT2D eigenvalue weighted by Crippen LogP contribution is 2.12. The normalized spacial score (nSPS) is 12.1. The number of aromatic nitrogens is 5. The van der Waals surface area contributed by atoms with Crippen LogP contribution >= 0.6 is 11.6 Å². The van der Waals surface area contributed by atoms with Crippen LogP contribution in [0.5, 0.6) is 0 Å². The maximum atomic E-state index is 12.8. The lowest BCUT2D eigenvalue weighted by atomic mass is 10.1. The molecule has 8 nitrogen and oxygen atoms in total. The van der Waals surface area contributed by atoms with Crippen LogP contribution in [0.3, 0.4) is 0 Å². The molecule has 0 fully saturated rings. The van der Waals surface area contributed by atoms with E-state index in [0.717, 1.165) is 18.4 Å². The Hall–Kier alpha value is -3.52. The Morgan fingerprint density at radius 2 is 1.84 bits per heavy atom. The van der Waals surface area contributed by atoms with Crippen molar-refractivity contribution in [2.75, 3.05) is 0 Å². The molecule has 0 saturated carbocycles. The molecule has 2 aromatic carbocycles. The van der Waals surface area contributed by atoms with Gasteiger partial charge in [-0.25, -0.2) is 9.67 Å². The highest BCUT2D eigenvalue weighted by atomic mass is 35.5.